The normalized spacial score (nSPS) is 22.9. The Hall–Kier alpha value is -0.900. The van der Waals surface area contributed by atoms with E-state index < -0.39 is 5.60 Å². The van der Waals surface area contributed by atoms with E-state index in [1.54, 1.807) is 0 Å². The number of rotatable bonds is 4. The summed E-state index contributed by atoms with van der Waals surface area (Å²) in [5.41, 5.74) is -0.493. The van der Waals surface area contributed by atoms with E-state index in [4.69, 9.17) is 4.74 Å². The van der Waals surface area contributed by atoms with Crippen LogP contribution in [0.5, 0.6) is 0 Å². The Balaban J connectivity index is 2.63. The highest BCUT2D eigenvalue weighted by atomic mass is 16.6. The maximum Gasteiger partial charge on any atom is 0.311 e. The third kappa shape index (κ3) is 4.86. The summed E-state index contributed by atoms with van der Waals surface area (Å²) in [6, 6.07) is 0.0869. The van der Waals surface area contributed by atoms with Gasteiger partial charge in [-0.2, -0.15) is 0 Å². The van der Waals surface area contributed by atoms with Gasteiger partial charge in [0.1, 0.15) is 11.9 Å². The maximum absolute atomic E-state index is 12.0. The lowest BCUT2D eigenvalue weighted by Gasteiger charge is -2.31. The molecule has 2 atom stereocenters. The number of carbonyl (C=O) groups excluding carboxylic acids is 2. The molecule has 0 bridgehead atoms. The van der Waals surface area contributed by atoms with E-state index in [0.29, 0.717) is 0 Å². The van der Waals surface area contributed by atoms with Crippen LogP contribution in [-0.2, 0) is 14.3 Å². The van der Waals surface area contributed by atoms with E-state index in [-0.39, 0.29) is 24.3 Å². The summed E-state index contributed by atoms with van der Waals surface area (Å²) in [6.45, 7) is 6.45. The summed E-state index contributed by atoms with van der Waals surface area (Å²) in [5, 5.41) is 3.31. The van der Waals surface area contributed by atoms with Crippen LogP contribution < -0.4 is 5.32 Å². The van der Waals surface area contributed by atoms with Gasteiger partial charge in [-0.25, -0.2) is 0 Å². The monoisotopic (exact) mass is 241 g/mol. The van der Waals surface area contributed by atoms with Crippen LogP contribution in [-0.4, -0.2) is 30.4 Å². The molecule has 0 saturated carbocycles. The topological polar surface area (TPSA) is 55.4 Å². The first-order valence-corrected chi connectivity index (χ1v) is 6.34. The van der Waals surface area contributed by atoms with Crippen molar-refractivity contribution in [2.24, 2.45) is 5.92 Å². The predicted octanol–water partition coefficient (Wildman–Crippen LogP) is 1.68. The van der Waals surface area contributed by atoms with Gasteiger partial charge < -0.3 is 14.8 Å². The second kappa shape index (κ2) is 6.15. The molecule has 1 aliphatic heterocycles. The summed E-state index contributed by atoms with van der Waals surface area (Å²) in [5.74, 6) is -0.601. The quantitative estimate of drug-likeness (QED) is 0.601. The van der Waals surface area contributed by atoms with Crippen molar-refractivity contribution in [2.45, 2.75) is 58.1 Å². The summed E-state index contributed by atoms with van der Waals surface area (Å²) in [7, 11) is 0. The van der Waals surface area contributed by atoms with Crippen LogP contribution in [0.1, 0.15) is 46.5 Å². The Labute approximate surface area is 103 Å². The second-order valence-corrected chi connectivity index (χ2v) is 5.60. The average Bonchev–Trinajstić information content (AvgIpc) is 2.24. The molecule has 1 aliphatic rings. The smallest absolute Gasteiger partial charge is 0.311 e. The lowest BCUT2D eigenvalue weighted by molar-refractivity contribution is -0.162. The summed E-state index contributed by atoms with van der Waals surface area (Å²) >= 11 is 0. The SMILES string of the molecule is CC(C)(C)OC(=O)C(CC=O)C1CCCCN1. The third-order valence-corrected chi connectivity index (χ3v) is 2.89. The number of piperidine rings is 1. The first-order valence-electron chi connectivity index (χ1n) is 6.34. The Bertz CT molecular complexity index is 264. The van der Waals surface area contributed by atoms with E-state index in [0.717, 1.165) is 32.1 Å². The molecule has 1 rings (SSSR count). The van der Waals surface area contributed by atoms with E-state index in [9.17, 15) is 9.59 Å². The van der Waals surface area contributed by atoms with Gasteiger partial charge in [-0.1, -0.05) is 6.42 Å². The molecule has 1 heterocycles. The van der Waals surface area contributed by atoms with Crippen LogP contribution in [0.3, 0.4) is 0 Å². The van der Waals surface area contributed by atoms with Crippen LogP contribution in [0.4, 0.5) is 0 Å². The molecule has 2 unspecified atom stereocenters. The van der Waals surface area contributed by atoms with Crippen molar-refractivity contribution in [3.8, 4) is 0 Å². The van der Waals surface area contributed by atoms with Gasteiger partial charge in [0.05, 0.1) is 5.92 Å². The molecule has 0 aromatic rings. The minimum atomic E-state index is -0.493. The summed E-state index contributed by atoms with van der Waals surface area (Å²) < 4.78 is 5.37. The van der Waals surface area contributed by atoms with Crippen molar-refractivity contribution in [2.75, 3.05) is 6.54 Å². The standard InChI is InChI=1S/C13H23NO3/c1-13(2,3)17-12(16)10(7-9-15)11-6-4-5-8-14-11/h9-11,14H,4-8H2,1-3H3. The second-order valence-electron chi connectivity index (χ2n) is 5.60. The van der Waals surface area contributed by atoms with Gasteiger partial charge in [-0.3, -0.25) is 4.79 Å². The number of esters is 1. The number of nitrogens with one attached hydrogen (secondary N) is 1. The molecule has 17 heavy (non-hydrogen) atoms. The van der Waals surface area contributed by atoms with E-state index in [2.05, 4.69) is 5.32 Å². The van der Waals surface area contributed by atoms with Crippen LogP contribution in [0.15, 0.2) is 0 Å². The van der Waals surface area contributed by atoms with Crippen molar-refractivity contribution in [3.05, 3.63) is 0 Å². The minimum Gasteiger partial charge on any atom is -0.460 e. The zero-order valence-electron chi connectivity index (χ0n) is 11.0. The lowest BCUT2D eigenvalue weighted by atomic mass is 9.90. The highest BCUT2D eigenvalue weighted by Gasteiger charge is 2.32. The van der Waals surface area contributed by atoms with E-state index in [1.165, 1.54) is 0 Å². The molecule has 0 aliphatic carbocycles. The number of carbonyl (C=O) groups is 2. The molecule has 0 amide bonds. The molecule has 0 aromatic carbocycles. The van der Waals surface area contributed by atoms with Gasteiger partial charge in [0.25, 0.3) is 0 Å². The van der Waals surface area contributed by atoms with Crippen LogP contribution in [0, 0.1) is 5.92 Å². The molecular weight excluding hydrogens is 218 g/mol. The van der Waals surface area contributed by atoms with Gasteiger partial charge in [0, 0.05) is 12.5 Å². The lowest BCUT2D eigenvalue weighted by Crippen LogP contribution is -2.45. The Kier molecular flexibility index (Phi) is 5.12. The van der Waals surface area contributed by atoms with Gasteiger partial charge in [-0.15, -0.1) is 0 Å². The molecule has 4 heteroatoms. The third-order valence-electron chi connectivity index (χ3n) is 2.89. The fourth-order valence-electron chi connectivity index (χ4n) is 2.13. The Morgan fingerprint density at radius 1 is 1.47 bits per heavy atom. The fraction of sp³-hybridized carbons (Fsp3) is 0.846. The molecule has 0 radical (unpaired) electrons. The van der Waals surface area contributed by atoms with Gasteiger partial charge in [-0.05, 0) is 40.2 Å². The van der Waals surface area contributed by atoms with Gasteiger partial charge in [0.2, 0.25) is 0 Å². The molecule has 0 aromatic heterocycles. The van der Waals surface area contributed by atoms with Crippen molar-refractivity contribution in [1.29, 1.82) is 0 Å². The minimum absolute atomic E-state index is 0.0869. The van der Waals surface area contributed by atoms with Crippen molar-refractivity contribution < 1.29 is 14.3 Å². The number of ether oxygens (including phenoxy) is 1. The van der Waals surface area contributed by atoms with Crippen LogP contribution >= 0.6 is 0 Å². The summed E-state index contributed by atoms with van der Waals surface area (Å²) in [4.78, 5) is 22.7. The highest BCUT2D eigenvalue weighted by molar-refractivity contribution is 5.76. The van der Waals surface area contributed by atoms with Gasteiger partial charge in [0.15, 0.2) is 0 Å². The van der Waals surface area contributed by atoms with Crippen LogP contribution in [0.2, 0.25) is 0 Å². The van der Waals surface area contributed by atoms with E-state index >= 15 is 0 Å². The number of hydrogen-bond acceptors (Lipinski definition) is 4. The first-order chi connectivity index (χ1) is 7.94. The average molecular weight is 241 g/mol. The molecule has 4 nitrogen and oxygen atoms in total. The van der Waals surface area contributed by atoms with Crippen molar-refractivity contribution in [3.63, 3.8) is 0 Å². The molecular formula is C13H23NO3. The molecule has 1 N–H and O–H groups in total. The molecule has 0 spiro atoms. The van der Waals surface area contributed by atoms with E-state index in [1.807, 2.05) is 20.8 Å². The maximum atomic E-state index is 12.0. The molecule has 1 saturated heterocycles. The first kappa shape index (κ1) is 14.2. The fourth-order valence-corrected chi connectivity index (χ4v) is 2.13. The van der Waals surface area contributed by atoms with Crippen LogP contribution in [0.25, 0.3) is 0 Å². The number of hydrogen-bond donors (Lipinski definition) is 1. The zero-order chi connectivity index (χ0) is 12.9. The molecule has 1 fully saturated rings. The Morgan fingerprint density at radius 3 is 2.65 bits per heavy atom. The highest BCUT2D eigenvalue weighted by Crippen LogP contribution is 2.21. The van der Waals surface area contributed by atoms with Crippen molar-refractivity contribution >= 4 is 12.3 Å². The molecule has 98 valence electrons. The predicted molar refractivity (Wildman–Crippen MR) is 65.7 cm³/mol. The zero-order valence-corrected chi connectivity index (χ0v) is 11.0. The Morgan fingerprint density at radius 2 is 2.18 bits per heavy atom. The largest absolute Gasteiger partial charge is 0.460 e. The van der Waals surface area contributed by atoms with Crippen molar-refractivity contribution in [1.82, 2.24) is 5.32 Å². The number of aldehydes is 1. The van der Waals surface area contributed by atoms with Gasteiger partial charge >= 0.3 is 5.97 Å². The summed E-state index contributed by atoms with van der Waals surface area (Å²) in [6.07, 6.45) is 4.24.